The van der Waals surface area contributed by atoms with Crippen molar-refractivity contribution >= 4 is 11.6 Å². The molecular formula is C16H23ClN4O. The average Bonchev–Trinajstić information content (AvgIpc) is 2.88. The van der Waals surface area contributed by atoms with Gasteiger partial charge in [-0.25, -0.2) is 4.68 Å². The molecule has 0 amide bonds. The minimum Gasteiger partial charge on any atom is -0.396 e. The van der Waals surface area contributed by atoms with Crippen LogP contribution < -0.4 is 5.32 Å². The monoisotopic (exact) mass is 322 g/mol. The fourth-order valence-corrected chi connectivity index (χ4v) is 2.68. The van der Waals surface area contributed by atoms with Crippen LogP contribution in [0.4, 0.5) is 0 Å². The average molecular weight is 323 g/mol. The Balaban J connectivity index is 2.11. The summed E-state index contributed by atoms with van der Waals surface area (Å²) in [4.78, 5) is 0. The molecule has 2 rings (SSSR count). The third kappa shape index (κ3) is 4.06. The highest BCUT2D eigenvalue weighted by molar-refractivity contribution is 6.30. The van der Waals surface area contributed by atoms with Crippen LogP contribution >= 0.6 is 11.6 Å². The summed E-state index contributed by atoms with van der Waals surface area (Å²) in [5.41, 5.74) is 2.89. The van der Waals surface area contributed by atoms with E-state index in [2.05, 4.69) is 29.5 Å². The zero-order chi connectivity index (χ0) is 16.1. The highest BCUT2D eigenvalue weighted by atomic mass is 35.5. The summed E-state index contributed by atoms with van der Waals surface area (Å²) in [6.07, 6.45) is 1.74. The first-order chi connectivity index (χ1) is 10.5. The molecule has 2 N–H and O–H groups in total. The molecule has 0 bridgehead atoms. The lowest BCUT2D eigenvalue weighted by Crippen LogP contribution is -2.29. The maximum Gasteiger partial charge on any atom is 0.103 e. The molecule has 0 aliphatic carbocycles. The van der Waals surface area contributed by atoms with Gasteiger partial charge < -0.3 is 10.4 Å². The SMILES string of the molecule is Cc1c(C(C)NC(C)CCCO)nnn1-c1ccc(Cl)cc1. The van der Waals surface area contributed by atoms with Crippen molar-refractivity contribution in [3.8, 4) is 5.69 Å². The number of hydrogen-bond acceptors (Lipinski definition) is 4. The molecule has 0 spiro atoms. The molecule has 1 heterocycles. The fourth-order valence-electron chi connectivity index (χ4n) is 2.55. The third-order valence-electron chi connectivity index (χ3n) is 3.74. The van der Waals surface area contributed by atoms with E-state index >= 15 is 0 Å². The molecule has 2 atom stereocenters. The van der Waals surface area contributed by atoms with Crippen LogP contribution in [0.25, 0.3) is 5.69 Å². The van der Waals surface area contributed by atoms with E-state index in [9.17, 15) is 0 Å². The Morgan fingerprint density at radius 3 is 2.59 bits per heavy atom. The van der Waals surface area contributed by atoms with Gasteiger partial charge in [-0.1, -0.05) is 16.8 Å². The highest BCUT2D eigenvalue weighted by Crippen LogP contribution is 2.20. The number of nitrogens with one attached hydrogen (secondary N) is 1. The van der Waals surface area contributed by atoms with Crippen molar-refractivity contribution in [2.45, 2.75) is 45.7 Å². The summed E-state index contributed by atoms with van der Waals surface area (Å²) in [5.74, 6) is 0. The first-order valence-electron chi connectivity index (χ1n) is 7.58. The number of rotatable bonds is 7. The van der Waals surface area contributed by atoms with E-state index in [1.165, 1.54) is 0 Å². The van der Waals surface area contributed by atoms with E-state index in [0.717, 1.165) is 29.9 Å². The van der Waals surface area contributed by atoms with Crippen molar-refractivity contribution in [2.24, 2.45) is 0 Å². The first kappa shape index (κ1) is 16.9. The molecule has 2 aromatic rings. The molecule has 0 saturated heterocycles. The first-order valence-corrected chi connectivity index (χ1v) is 7.95. The van der Waals surface area contributed by atoms with E-state index in [4.69, 9.17) is 16.7 Å². The number of aliphatic hydroxyl groups is 1. The van der Waals surface area contributed by atoms with Crippen LogP contribution in [0.15, 0.2) is 24.3 Å². The summed E-state index contributed by atoms with van der Waals surface area (Å²) >= 11 is 5.92. The van der Waals surface area contributed by atoms with Gasteiger partial charge in [-0.3, -0.25) is 0 Å². The van der Waals surface area contributed by atoms with Gasteiger partial charge in [-0.2, -0.15) is 0 Å². The van der Waals surface area contributed by atoms with Crippen LogP contribution in [-0.2, 0) is 0 Å². The number of halogens is 1. The van der Waals surface area contributed by atoms with Gasteiger partial charge in [-0.05, 0) is 57.9 Å². The summed E-state index contributed by atoms with van der Waals surface area (Å²) < 4.78 is 1.82. The van der Waals surface area contributed by atoms with E-state index in [0.29, 0.717) is 11.1 Å². The van der Waals surface area contributed by atoms with Crippen LogP contribution in [0, 0.1) is 6.92 Å². The Labute approximate surface area is 136 Å². The second-order valence-electron chi connectivity index (χ2n) is 5.60. The van der Waals surface area contributed by atoms with Crippen molar-refractivity contribution in [1.82, 2.24) is 20.3 Å². The molecular weight excluding hydrogens is 300 g/mol. The van der Waals surface area contributed by atoms with E-state index < -0.39 is 0 Å². The van der Waals surface area contributed by atoms with Gasteiger partial charge in [0.15, 0.2) is 0 Å². The highest BCUT2D eigenvalue weighted by Gasteiger charge is 2.17. The van der Waals surface area contributed by atoms with Gasteiger partial charge in [0, 0.05) is 17.7 Å². The molecule has 6 heteroatoms. The van der Waals surface area contributed by atoms with Crippen LogP contribution in [0.2, 0.25) is 5.02 Å². The zero-order valence-electron chi connectivity index (χ0n) is 13.3. The van der Waals surface area contributed by atoms with Gasteiger partial charge in [-0.15, -0.1) is 5.10 Å². The zero-order valence-corrected chi connectivity index (χ0v) is 14.0. The Morgan fingerprint density at radius 2 is 1.95 bits per heavy atom. The van der Waals surface area contributed by atoms with E-state index in [1.54, 1.807) is 0 Å². The smallest absolute Gasteiger partial charge is 0.103 e. The predicted molar refractivity (Wildman–Crippen MR) is 88.4 cm³/mol. The van der Waals surface area contributed by atoms with Crippen molar-refractivity contribution < 1.29 is 5.11 Å². The summed E-state index contributed by atoms with van der Waals surface area (Å²) in [6.45, 7) is 6.44. The van der Waals surface area contributed by atoms with Crippen molar-refractivity contribution in [3.05, 3.63) is 40.7 Å². The lowest BCUT2D eigenvalue weighted by molar-refractivity contribution is 0.274. The van der Waals surface area contributed by atoms with Crippen molar-refractivity contribution in [3.63, 3.8) is 0 Å². The van der Waals surface area contributed by atoms with E-state index in [1.807, 2.05) is 35.9 Å². The Morgan fingerprint density at radius 1 is 1.27 bits per heavy atom. The molecule has 0 radical (unpaired) electrons. The molecule has 5 nitrogen and oxygen atoms in total. The molecule has 0 fully saturated rings. The molecule has 120 valence electrons. The van der Waals surface area contributed by atoms with Crippen molar-refractivity contribution in [1.29, 1.82) is 0 Å². The largest absolute Gasteiger partial charge is 0.396 e. The summed E-state index contributed by atoms with van der Waals surface area (Å²) in [6, 6.07) is 7.97. The molecule has 1 aromatic carbocycles. The molecule has 22 heavy (non-hydrogen) atoms. The summed E-state index contributed by atoms with van der Waals surface area (Å²) in [5, 5.41) is 21.7. The Hall–Kier alpha value is -1.43. The van der Waals surface area contributed by atoms with Gasteiger partial charge in [0.1, 0.15) is 5.69 Å². The maximum atomic E-state index is 8.90. The van der Waals surface area contributed by atoms with Gasteiger partial charge in [0.05, 0.1) is 17.4 Å². The molecule has 1 aromatic heterocycles. The molecule has 2 unspecified atom stereocenters. The second-order valence-corrected chi connectivity index (χ2v) is 6.04. The Bertz CT molecular complexity index is 597. The van der Waals surface area contributed by atoms with E-state index in [-0.39, 0.29) is 12.6 Å². The van der Waals surface area contributed by atoms with Gasteiger partial charge in [0.2, 0.25) is 0 Å². The van der Waals surface area contributed by atoms with Crippen molar-refractivity contribution in [2.75, 3.05) is 6.61 Å². The topological polar surface area (TPSA) is 63.0 Å². The number of hydrogen-bond donors (Lipinski definition) is 2. The quantitative estimate of drug-likeness (QED) is 0.822. The number of benzene rings is 1. The van der Waals surface area contributed by atoms with Crippen LogP contribution in [-0.4, -0.2) is 32.7 Å². The normalized spacial score (nSPS) is 14.0. The van der Waals surface area contributed by atoms with Gasteiger partial charge >= 0.3 is 0 Å². The standard InChI is InChI=1S/C16H23ClN4O/c1-11(5-4-10-22)18-12(2)16-13(3)21(20-19-16)15-8-6-14(17)7-9-15/h6-9,11-12,18,22H,4-5,10H2,1-3H3. The lowest BCUT2D eigenvalue weighted by atomic mass is 10.1. The van der Waals surface area contributed by atoms with Crippen LogP contribution in [0.5, 0.6) is 0 Å². The maximum absolute atomic E-state index is 8.90. The minimum atomic E-state index is 0.106. The second kappa shape index (κ2) is 7.72. The summed E-state index contributed by atoms with van der Waals surface area (Å²) in [7, 11) is 0. The van der Waals surface area contributed by atoms with Gasteiger partial charge in [0.25, 0.3) is 0 Å². The lowest BCUT2D eigenvalue weighted by Gasteiger charge is -2.18. The number of nitrogens with zero attached hydrogens (tertiary/aromatic N) is 3. The number of aliphatic hydroxyl groups excluding tert-OH is 1. The van der Waals surface area contributed by atoms with Crippen LogP contribution in [0.3, 0.4) is 0 Å². The molecule has 0 aliphatic rings. The number of aromatic nitrogens is 3. The fraction of sp³-hybridized carbons (Fsp3) is 0.500. The minimum absolute atomic E-state index is 0.106. The Kier molecular flexibility index (Phi) is 5.94. The molecule has 0 saturated carbocycles. The molecule has 0 aliphatic heterocycles. The van der Waals surface area contributed by atoms with Crippen LogP contribution in [0.1, 0.15) is 44.1 Å². The predicted octanol–water partition coefficient (Wildman–Crippen LogP) is 3.04. The third-order valence-corrected chi connectivity index (χ3v) is 3.99.